The van der Waals surface area contributed by atoms with Gasteiger partial charge in [0.25, 0.3) is 0 Å². The third kappa shape index (κ3) is 1.76. The Morgan fingerprint density at radius 1 is 1.29 bits per heavy atom. The van der Waals surface area contributed by atoms with E-state index in [0.29, 0.717) is 5.57 Å². The normalized spacial score (nSPS) is 48.6. The van der Waals surface area contributed by atoms with E-state index in [2.05, 4.69) is 0 Å². The number of fused-ring (bicyclic) bond motifs is 2. The van der Waals surface area contributed by atoms with Crippen molar-refractivity contribution in [2.75, 3.05) is 13.3 Å². The summed E-state index contributed by atoms with van der Waals surface area (Å²) in [5.74, 6) is -0.490. The molecule has 118 valence electrons. The fraction of sp³-hybridized carbons (Fsp3) is 0.867. The first-order valence-corrected chi connectivity index (χ1v) is 7.73. The number of halogens is 1. The molecule has 0 aromatic rings. The van der Waals surface area contributed by atoms with E-state index in [4.69, 9.17) is 19.2 Å². The zero-order valence-electron chi connectivity index (χ0n) is 12.1. The Labute approximate surface area is 122 Å². The first-order chi connectivity index (χ1) is 10.1. The molecule has 0 aromatic carbocycles. The molecule has 1 N–H and O–H groups in total. The minimum atomic E-state index is -0.837. The van der Waals surface area contributed by atoms with Crippen molar-refractivity contribution in [3.8, 4) is 0 Å². The van der Waals surface area contributed by atoms with Gasteiger partial charge < -0.3 is 14.6 Å². The second kappa shape index (κ2) is 4.65. The maximum absolute atomic E-state index is 13.3. The molecule has 1 unspecified atom stereocenters. The van der Waals surface area contributed by atoms with Crippen LogP contribution < -0.4 is 0 Å². The number of aliphatic hydroxyl groups excluding tert-OH is 1. The molecular formula is C15H21FO5. The van der Waals surface area contributed by atoms with E-state index in [1.807, 2.05) is 6.92 Å². The van der Waals surface area contributed by atoms with Gasteiger partial charge in [0.15, 0.2) is 5.60 Å². The summed E-state index contributed by atoms with van der Waals surface area (Å²) in [6, 6.07) is 0. The summed E-state index contributed by atoms with van der Waals surface area (Å²) in [5, 5.41) is 9.70. The highest BCUT2D eigenvalue weighted by Gasteiger charge is 2.67. The van der Waals surface area contributed by atoms with Crippen molar-refractivity contribution in [1.29, 1.82) is 0 Å². The number of alkyl halides is 1. The molecule has 4 aliphatic heterocycles. The van der Waals surface area contributed by atoms with Gasteiger partial charge in [0, 0.05) is 17.9 Å². The summed E-state index contributed by atoms with van der Waals surface area (Å²) in [7, 11) is 0. The fourth-order valence-corrected chi connectivity index (χ4v) is 4.51. The van der Waals surface area contributed by atoms with Crippen LogP contribution >= 0.6 is 0 Å². The van der Waals surface area contributed by atoms with Gasteiger partial charge in [-0.25, -0.2) is 14.2 Å². The van der Waals surface area contributed by atoms with Crippen LogP contribution in [0.4, 0.5) is 4.39 Å². The SMILES string of the molecule is C[C@]12CCC3CCC[C@H]4C(CO)=C(CF)O[C@H](O1)[C@@]34OO2. The van der Waals surface area contributed by atoms with Crippen molar-refractivity contribution >= 4 is 0 Å². The number of ether oxygens (including phenoxy) is 2. The Kier molecular flexibility index (Phi) is 3.09. The van der Waals surface area contributed by atoms with Gasteiger partial charge in [-0.05, 0) is 32.1 Å². The van der Waals surface area contributed by atoms with Gasteiger partial charge in [0.1, 0.15) is 12.4 Å². The number of rotatable bonds is 2. The summed E-state index contributed by atoms with van der Waals surface area (Å²) < 4.78 is 25.1. The lowest BCUT2D eigenvalue weighted by atomic mass is 9.63. The second-order valence-electron chi connectivity index (χ2n) is 6.68. The Hall–Kier alpha value is -0.690. The molecule has 0 radical (unpaired) electrons. The molecule has 5 rings (SSSR count). The Morgan fingerprint density at radius 3 is 2.90 bits per heavy atom. The standard InChI is InChI=1S/C15H21FO5/c1-14-6-5-9-3-2-4-11-10(8-17)12(7-16)18-13(19-14)15(9,11)21-20-14/h9,11,13,17H,2-8H2,1H3/t9?,11-,13+,14-,15+/m0/s1. The van der Waals surface area contributed by atoms with Crippen molar-refractivity contribution in [1.82, 2.24) is 0 Å². The Bertz CT molecular complexity index is 481. The lowest BCUT2D eigenvalue weighted by molar-refractivity contribution is -0.555. The average Bonchev–Trinajstić information content (AvgIpc) is 2.72. The van der Waals surface area contributed by atoms with Crippen LogP contribution in [0.5, 0.6) is 0 Å². The predicted octanol–water partition coefficient (Wildman–Crippen LogP) is 2.20. The van der Waals surface area contributed by atoms with Crippen molar-refractivity contribution in [2.45, 2.75) is 56.7 Å². The molecular weight excluding hydrogens is 279 g/mol. The van der Waals surface area contributed by atoms with Crippen molar-refractivity contribution < 1.29 is 28.7 Å². The van der Waals surface area contributed by atoms with E-state index in [9.17, 15) is 9.50 Å². The zero-order chi connectivity index (χ0) is 14.7. The molecule has 21 heavy (non-hydrogen) atoms. The van der Waals surface area contributed by atoms with Gasteiger partial charge in [-0.2, -0.15) is 0 Å². The minimum Gasteiger partial charge on any atom is -0.463 e. The second-order valence-corrected chi connectivity index (χ2v) is 6.68. The largest absolute Gasteiger partial charge is 0.463 e. The van der Waals surface area contributed by atoms with Crippen LogP contribution in [-0.4, -0.2) is 36.1 Å². The number of hydrogen-bond acceptors (Lipinski definition) is 5. The summed E-state index contributed by atoms with van der Waals surface area (Å²) in [6.07, 6.45) is 3.88. The molecule has 1 saturated carbocycles. The van der Waals surface area contributed by atoms with E-state index < -0.39 is 24.4 Å². The molecule has 0 aromatic heterocycles. The number of aliphatic hydroxyl groups is 1. The van der Waals surface area contributed by atoms with Crippen molar-refractivity contribution in [3.63, 3.8) is 0 Å². The molecule has 6 heteroatoms. The summed E-state index contributed by atoms with van der Waals surface area (Å²) >= 11 is 0. The lowest BCUT2D eigenvalue weighted by Crippen LogP contribution is -2.66. The molecule has 1 aliphatic carbocycles. The molecule has 5 atom stereocenters. The molecule has 5 nitrogen and oxygen atoms in total. The highest BCUT2D eigenvalue weighted by molar-refractivity contribution is 5.25. The van der Waals surface area contributed by atoms with E-state index in [0.717, 1.165) is 32.1 Å². The van der Waals surface area contributed by atoms with Gasteiger partial charge in [0.05, 0.1) is 6.61 Å². The topological polar surface area (TPSA) is 57.2 Å². The predicted molar refractivity (Wildman–Crippen MR) is 69.4 cm³/mol. The first-order valence-electron chi connectivity index (χ1n) is 7.73. The third-order valence-corrected chi connectivity index (χ3v) is 5.58. The van der Waals surface area contributed by atoms with Gasteiger partial charge in [0.2, 0.25) is 12.1 Å². The van der Waals surface area contributed by atoms with Crippen LogP contribution in [0.1, 0.15) is 39.0 Å². The fourth-order valence-electron chi connectivity index (χ4n) is 4.51. The molecule has 4 fully saturated rings. The van der Waals surface area contributed by atoms with Crippen molar-refractivity contribution in [3.05, 3.63) is 11.3 Å². The average molecular weight is 300 g/mol. The monoisotopic (exact) mass is 300 g/mol. The molecule has 3 saturated heterocycles. The zero-order valence-corrected chi connectivity index (χ0v) is 12.1. The van der Waals surface area contributed by atoms with Gasteiger partial charge in [-0.1, -0.05) is 6.42 Å². The van der Waals surface area contributed by atoms with E-state index in [-0.39, 0.29) is 24.2 Å². The van der Waals surface area contributed by atoms with Crippen LogP contribution in [0.15, 0.2) is 11.3 Å². The Morgan fingerprint density at radius 2 is 2.14 bits per heavy atom. The Balaban J connectivity index is 1.84. The van der Waals surface area contributed by atoms with Gasteiger partial charge >= 0.3 is 0 Å². The van der Waals surface area contributed by atoms with E-state index in [1.165, 1.54) is 0 Å². The molecule has 4 heterocycles. The van der Waals surface area contributed by atoms with E-state index in [1.54, 1.807) is 0 Å². The highest BCUT2D eigenvalue weighted by atomic mass is 19.1. The smallest absolute Gasteiger partial charge is 0.235 e. The molecule has 0 amide bonds. The van der Waals surface area contributed by atoms with Crippen LogP contribution in [0, 0.1) is 11.8 Å². The first kappa shape index (κ1) is 13.9. The third-order valence-electron chi connectivity index (χ3n) is 5.58. The van der Waals surface area contributed by atoms with Gasteiger partial charge in [-0.15, -0.1) is 0 Å². The minimum absolute atomic E-state index is 0.103. The van der Waals surface area contributed by atoms with Crippen LogP contribution in [0.3, 0.4) is 0 Å². The molecule has 5 aliphatic rings. The molecule has 2 bridgehead atoms. The maximum Gasteiger partial charge on any atom is 0.235 e. The van der Waals surface area contributed by atoms with Crippen molar-refractivity contribution in [2.24, 2.45) is 11.8 Å². The van der Waals surface area contributed by atoms with E-state index >= 15 is 0 Å². The molecule has 1 spiro atoms. The van der Waals surface area contributed by atoms with Crippen LogP contribution in [0.25, 0.3) is 0 Å². The summed E-state index contributed by atoms with van der Waals surface area (Å²) in [6.45, 7) is 0.881. The number of hydrogen-bond donors (Lipinski definition) is 1. The lowest BCUT2D eigenvalue weighted by Gasteiger charge is -2.55. The number of allylic oxidation sites excluding steroid dienone is 1. The van der Waals surface area contributed by atoms with Crippen LogP contribution in [0.2, 0.25) is 0 Å². The summed E-state index contributed by atoms with van der Waals surface area (Å²) in [5.41, 5.74) is -0.137. The maximum atomic E-state index is 13.3. The summed E-state index contributed by atoms with van der Waals surface area (Å²) in [4.78, 5) is 11.4. The quantitative estimate of drug-likeness (QED) is 0.792. The highest BCUT2D eigenvalue weighted by Crippen LogP contribution is 2.58. The van der Waals surface area contributed by atoms with Gasteiger partial charge in [-0.3, -0.25) is 0 Å². The van der Waals surface area contributed by atoms with Crippen LogP contribution in [-0.2, 0) is 19.2 Å².